The molecule has 0 bridgehead atoms. The van der Waals surface area contributed by atoms with Gasteiger partial charge in [0.05, 0.1) is 16.6 Å². The molecule has 0 spiro atoms. The fraction of sp³-hybridized carbons (Fsp3) is 0.105. The Morgan fingerprint density at radius 2 is 1.73 bits per heavy atom. The number of hydrogen-bond donors (Lipinski definition) is 2. The van der Waals surface area contributed by atoms with E-state index in [0.29, 0.717) is 21.9 Å². The van der Waals surface area contributed by atoms with E-state index in [1.165, 1.54) is 0 Å². The van der Waals surface area contributed by atoms with E-state index in [2.05, 4.69) is 20.3 Å². The first kappa shape index (κ1) is 19.9. The molecule has 0 unspecified atom stereocenters. The predicted octanol–water partition coefficient (Wildman–Crippen LogP) is 5.26. The number of alkyl halides is 3. The normalized spacial score (nSPS) is 11.8. The molecule has 0 fully saturated rings. The summed E-state index contributed by atoms with van der Waals surface area (Å²) in [5.41, 5.74) is 6.30. The zero-order valence-electron chi connectivity index (χ0n) is 15.3. The third kappa shape index (κ3) is 3.61. The number of rotatable bonds is 3. The molecular formula is C19H13ClF4N6. The summed E-state index contributed by atoms with van der Waals surface area (Å²) in [5.74, 6) is -1.11. The second-order valence-electron chi connectivity index (χ2n) is 6.40. The number of nitrogens with one attached hydrogen (secondary N) is 1. The zero-order chi connectivity index (χ0) is 21.6. The number of halogens is 5. The van der Waals surface area contributed by atoms with E-state index in [1.807, 2.05) is 0 Å². The minimum Gasteiger partial charge on any atom is -0.381 e. The summed E-state index contributed by atoms with van der Waals surface area (Å²) < 4.78 is 54.3. The first-order chi connectivity index (χ1) is 14.1. The van der Waals surface area contributed by atoms with Crippen LogP contribution in [0, 0.1) is 12.7 Å². The standard InChI is InChI=1S/C19H13ClF4N6/c1-9-26-13-7-4-11(20)8-14(13)30(9)18-28-16(25)15(21)17(29-18)27-12-5-2-10(3-6-12)19(22,23)24/h2-8H,1H3,(H3,25,27,28,29). The van der Waals surface area contributed by atoms with Crippen LogP contribution in [0.5, 0.6) is 0 Å². The van der Waals surface area contributed by atoms with E-state index >= 15 is 0 Å². The molecular weight excluding hydrogens is 424 g/mol. The second kappa shape index (κ2) is 7.13. The lowest BCUT2D eigenvalue weighted by molar-refractivity contribution is -0.137. The third-order valence-electron chi connectivity index (χ3n) is 4.32. The molecule has 0 aliphatic rings. The molecule has 154 valence electrons. The highest BCUT2D eigenvalue weighted by Crippen LogP contribution is 2.31. The van der Waals surface area contributed by atoms with Gasteiger partial charge in [0, 0.05) is 10.7 Å². The number of hydrogen-bond acceptors (Lipinski definition) is 5. The summed E-state index contributed by atoms with van der Waals surface area (Å²) in [4.78, 5) is 12.5. The van der Waals surface area contributed by atoms with Gasteiger partial charge in [0.1, 0.15) is 5.82 Å². The zero-order valence-corrected chi connectivity index (χ0v) is 16.1. The molecule has 0 radical (unpaired) electrons. The SMILES string of the molecule is Cc1nc2ccc(Cl)cc2n1-c1nc(N)c(F)c(Nc2ccc(C(F)(F)F)cc2)n1. The summed E-state index contributed by atoms with van der Waals surface area (Å²) in [6.07, 6.45) is -4.47. The van der Waals surface area contributed by atoms with E-state index in [-0.39, 0.29) is 17.5 Å². The Morgan fingerprint density at radius 3 is 2.40 bits per heavy atom. The molecule has 6 nitrogen and oxygen atoms in total. The molecule has 2 aromatic carbocycles. The smallest absolute Gasteiger partial charge is 0.381 e. The van der Waals surface area contributed by atoms with Crippen LogP contribution < -0.4 is 11.1 Å². The summed E-state index contributed by atoms with van der Waals surface area (Å²) in [7, 11) is 0. The fourth-order valence-electron chi connectivity index (χ4n) is 2.94. The Labute approximate surface area is 172 Å². The highest BCUT2D eigenvalue weighted by Gasteiger charge is 2.30. The maximum absolute atomic E-state index is 14.5. The van der Waals surface area contributed by atoms with Crippen LogP contribution in [-0.2, 0) is 6.18 Å². The van der Waals surface area contributed by atoms with Crippen molar-refractivity contribution in [2.45, 2.75) is 13.1 Å². The lowest BCUT2D eigenvalue weighted by atomic mass is 10.2. The van der Waals surface area contributed by atoms with Gasteiger partial charge in [-0.2, -0.15) is 27.5 Å². The molecule has 30 heavy (non-hydrogen) atoms. The molecule has 4 rings (SSSR count). The third-order valence-corrected chi connectivity index (χ3v) is 4.56. The molecule has 3 N–H and O–H groups in total. The van der Waals surface area contributed by atoms with Crippen molar-refractivity contribution in [2.24, 2.45) is 0 Å². The van der Waals surface area contributed by atoms with Crippen LogP contribution in [0.15, 0.2) is 42.5 Å². The topological polar surface area (TPSA) is 81.7 Å². The van der Waals surface area contributed by atoms with Crippen molar-refractivity contribution in [3.8, 4) is 5.95 Å². The molecule has 4 aromatic rings. The van der Waals surface area contributed by atoms with Crippen LogP contribution in [0.2, 0.25) is 5.02 Å². The van der Waals surface area contributed by atoms with Gasteiger partial charge in [-0.1, -0.05) is 11.6 Å². The summed E-state index contributed by atoms with van der Waals surface area (Å²) in [5, 5.41) is 3.10. The lowest BCUT2D eigenvalue weighted by Crippen LogP contribution is -2.11. The van der Waals surface area contributed by atoms with Gasteiger partial charge in [0.15, 0.2) is 11.6 Å². The van der Waals surface area contributed by atoms with Crippen LogP contribution >= 0.6 is 11.6 Å². The Morgan fingerprint density at radius 1 is 1.03 bits per heavy atom. The summed E-state index contributed by atoms with van der Waals surface area (Å²) in [6.45, 7) is 1.71. The monoisotopic (exact) mass is 436 g/mol. The molecule has 0 saturated heterocycles. The largest absolute Gasteiger partial charge is 0.416 e. The van der Waals surface area contributed by atoms with Gasteiger partial charge in [-0.25, -0.2) is 4.98 Å². The van der Waals surface area contributed by atoms with Crippen LogP contribution in [0.25, 0.3) is 17.0 Å². The molecule has 11 heteroatoms. The van der Waals surface area contributed by atoms with E-state index in [9.17, 15) is 17.6 Å². The number of aryl methyl sites for hydroxylation is 1. The van der Waals surface area contributed by atoms with E-state index in [0.717, 1.165) is 24.3 Å². The van der Waals surface area contributed by atoms with Gasteiger partial charge in [-0.15, -0.1) is 0 Å². The van der Waals surface area contributed by atoms with Crippen LogP contribution in [0.1, 0.15) is 11.4 Å². The van der Waals surface area contributed by atoms with Crippen molar-refractivity contribution >= 4 is 40.0 Å². The first-order valence-corrected chi connectivity index (χ1v) is 8.93. The number of aromatic nitrogens is 4. The number of benzene rings is 2. The number of fused-ring (bicyclic) bond motifs is 1. The average molecular weight is 437 g/mol. The van der Waals surface area contributed by atoms with Gasteiger partial charge in [-0.05, 0) is 49.4 Å². The Balaban J connectivity index is 1.77. The van der Waals surface area contributed by atoms with Crippen LogP contribution in [0.4, 0.5) is 34.9 Å². The first-order valence-electron chi connectivity index (χ1n) is 8.56. The molecule has 0 amide bonds. The van der Waals surface area contributed by atoms with Gasteiger partial charge < -0.3 is 11.1 Å². The number of imidazole rings is 1. The van der Waals surface area contributed by atoms with Crippen LogP contribution in [0.3, 0.4) is 0 Å². The minimum absolute atomic E-state index is 0.0329. The van der Waals surface area contributed by atoms with Crippen molar-refractivity contribution < 1.29 is 17.6 Å². The number of nitrogens with two attached hydrogens (primary N) is 1. The van der Waals surface area contributed by atoms with Gasteiger partial charge in [-0.3, -0.25) is 4.57 Å². The lowest BCUT2D eigenvalue weighted by Gasteiger charge is -2.12. The number of anilines is 3. The van der Waals surface area contributed by atoms with Gasteiger partial charge in [0.25, 0.3) is 0 Å². The van der Waals surface area contributed by atoms with Gasteiger partial charge >= 0.3 is 6.18 Å². The molecule has 2 aromatic heterocycles. The maximum Gasteiger partial charge on any atom is 0.416 e. The van der Waals surface area contributed by atoms with E-state index in [1.54, 1.807) is 29.7 Å². The van der Waals surface area contributed by atoms with Gasteiger partial charge in [0.2, 0.25) is 11.8 Å². The van der Waals surface area contributed by atoms with Crippen molar-refractivity contribution in [1.29, 1.82) is 0 Å². The predicted molar refractivity (Wildman–Crippen MR) is 106 cm³/mol. The number of nitrogens with zero attached hydrogens (tertiary/aromatic N) is 4. The maximum atomic E-state index is 14.5. The Bertz CT molecular complexity index is 1250. The van der Waals surface area contributed by atoms with Crippen molar-refractivity contribution in [3.63, 3.8) is 0 Å². The average Bonchev–Trinajstić information content (AvgIpc) is 3.00. The highest BCUT2D eigenvalue weighted by molar-refractivity contribution is 6.31. The summed E-state index contributed by atoms with van der Waals surface area (Å²) >= 11 is 6.07. The Hall–Kier alpha value is -3.40. The van der Waals surface area contributed by atoms with Crippen molar-refractivity contribution in [2.75, 3.05) is 11.1 Å². The Kier molecular flexibility index (Phi) is 4.73. The number of nitrogen functional groups attached to an aromatic ring is 1. The molecule has 0 saturated carbocycles. The second-order valence-corrected chi connectivity index (χ2v) is 6.84. The quantitative estimate of drug-likeness (QED) is 0.428. The summed E-state index contributed by atoms with van der Waals surface area (Å²) in [6, 6.07) is 9.13. The molecule has 0 aliphatic carbocycles. The molecule has 2 heterocycles. The van der Waals surface area contributed by atoms with Crippen LogP contribution in [-0.4, -0.2) is 19.5 Å². The highest BCUT2D eigenvalue weighted by atomic mass is 35.5. The minimum atomic E-state index is -4.47. The fourth-order valence-corrected chi connectivity index (χ4v) is 3.10. The van der Waals surface area contributed by atoms with Crippen molar-refractivity contribution in [1.82, 2.24) is 19.5 Å². The van der Waals surface area contributed by atoms with E-state index in [4.69, 9.17) is 17.3 Å². The van der Waals surface area contributed by atoms with E-state index < -0.39 is 23.4 Å². The van der Waals surface area contributed by atoms with Crippen molar-refractivity contribution in [3.05, 3.63) is 64.7 Å². The molecule has 0 atom stereocenters. The molecule has 0 aliphatic heterocycles.